The van der Waals surface area contributed by atoms with Gasteiger partial charge in [-0.2, -0.15) is 0 Å². The number of aldehydes is 1. The average Bonchev–Trinajstić information content (AvgIpc) is 3.53. The Morgan fingerprint density at radius 1 is 0.325 bits per heavy atom. The summed E-state index contributed by atoms with van der Waals surface area (Å²) in [6, 6.07) is 97.7. The quantitative estimate of drug-likeness (QED) is 0.0954. The first-order valence-corrected chi connectivity index (χ1v) is 24.9. The Kier molecular flexibility index (Phi) is 17.8. The zero-order valence-electron chi connectivity index (χ0n) is 42.1. The second-order valence-corrected chi connectivity index (χ2v) is 17.7. The number of aromatic nitrogens is 3. The predicted octanol–water partition coefficient (Wildman–Crippen LogP) is 17.5. The fraction of sp³-hybridized carbons (Fsp3) is 0.0141. The van der Waals surface area contributed by atoms with Gasteiger partial charge in [0.2, 0.25) is 0 Å². The van der Waals surface area contributed by atoms with Crippen LogP contribution in [0.4, 0.5) is 0 Å². The zero-order chi connectivity index (χ0) is 51.7. The third-order valence-electron chi connectivity index (χ3n) is 12.7. The van der Waals surface area contributed by atoms with Gasteiger partial charge >= 0.3 is 20.1 Å². The summed E-state index contributed by atoms with van der Waals surface area (Å²) in [6.45, 7) is 0. The van der Waals surface area contributed by atoms with Gasteiger partial charge in [-0.05, 0) is 133 Å². The molecule has 0 saturated carbocycles. The molecule has 0 unspecified atom stereocenters. The van der Waals surface area contributed by atoms with E-state index in [-0.39, 0.29) is 20.1 Å². The van der Waals surface area contributed by atoms with Crippen LogP contribution in [0.2, 0.25) is 0 Å². The largest absolute Gasteiger partial charge is 3.00 e. The van der Waals surface area contributed by atoms with Gasteiger partial charge in [-0.1, -0.05) is 140 Å². The van der Waals surface area contributed by atoms with E-state index in [0.29, 0.717) is 5.56 Å². The molecule has 0 bridgehead atoms. The smallest absolute Gasteiger partial charge is 0.497 e. The molecule has 9 aromatic carbocycles. The minimum atomic E-state index is 0. The number of carbonyl (C=O) groups is 1. The van der Waals surface area contributed by atoms with Crippen molar-refractivity contribution in [2.75, 3.05) is 7.11 Å². The van der Waals surface area contributed by atoms with Crippen LogP contribution in [0.15, 0.2) is 279 Å². The molecule has 0 amide bonds. The van der Waals surface area contributed by atoms with E-state index < -0.39 is 0 Å². The molecule has 12 aromatic rings. The maximum absolute atomic E-state index is 11.2. The van der Waals surface area contributed by atoms with E-state index in [4.69, 9.17) is 4.74 Å². The molecule has 0 atom stereocenters. The normalized spacial score (nSPS) is 10.4. The van der Waals surface area contributed by atoms with E-state index >= 15 is 0 Å². The van der Waals surface area contributed by atoms with Crippen LogP contribution < -0.4 is 4.74 Å². The third kappa shape index (κ3) is 13.6. The van der Waals surface area contributed by atoms with E-state index in [1.54, 1.807) is 19.5 Å². The topological polar surface area (TPSA) is 65.0 Å². The van der Waals surface area contributed by atoms with Gasteiger partial charge in [0, 0.05) is 24.2 Å². The SMILES string of the molecule is COc1cccc(-c2cccc(-c3cccc(-c4cc[c-]c(-c5ccccn5)c4)c3)c2)c1.O=Cc1cccc(-c2cccc(-c3cccc(-c4cc[c-]c(-c5ccccn5)c4)c3)c2)c1.[Ir+3].[c-]1ccccc1-c1ccccn1. The van der Waals surface area contributed by atoms with Gasteiger partial charge in [0.25, 0.3) is 0 Å². The first kappa shape index (κ1) is 52.4. The fourth-order valence-corrected chi connectivity index (χ4v) is 8.81. The van der Waals surface area contributed by atoms with Crippen molar-refractivity contribution < 1.29 is 29.6 Å². The Bertz CT molecular complexity index is 3800. The predicted molar refractivity (Wildman–Crippen MR) is 310 cm³/mol. The summed E-state index contributed by atoms with van der Waals surface area (Å²) in [6.07, 6.45) is 6.28. The van der Waals surface area contributed by atoms with Crippen molar-refractivity contribution in [3.05, 3.63) is 303 Å². The van der Waals surface area contributed by atoms with E-state index in [0.717, 1.165) is 90.3 Å². The van der Waals surface area contributed by atoms with Crippen molar-refractivity contribution in [3.8, 4) is 106 Å². The first-order valence-electron chi connectivity index (χ1n) is 24.9. The summed E-state index contributed by atoms with van der Waals surface area (Å²) in [5.74, 6) is 0.861. The molecule has 0 fully saturated rings. The van der Waals surface area contributed by atoms with Crippen molar-refractivity contribution in [2.45, 2.75) is 0 Å². The molecule has 0 radical (unpaired) electrons. The molecule has 370 valence electrons. The minimum absolute atomic E-state index is 0. The van der Waals surface area contributed by atoms with Crippen LogP contribution >= 0.6 is 0 Å². The van der Waals surface area contributed by atoms with Crippen LogP contribution in [0.1, 0.15) is 10.4 Å². The van der Waals surface area contributed by atoms with Crippen molar-refractivity contribution in [3.63, 3.8) is 0 Å². The summed E-state index contributed by atoms with van der Waals surface area (Å²) in [5, 5.41) is 0. The molecule has 5 nitrogen and oxygen atoms in total. The molecule has 0 aliphatic carbocycles. The van der Waals surface area contributed by atoms with Crippen LogP contribution in [0.25, 0.3) is 101 Å². The van der Waals surface area contributed by atoms with E-state index in [1.807, 2.05) is 134 Å². The molecule has 77 heavy (non-hydrogen) atoms. The Morgan fingerprint density at radius 3 is 1.05 bits per heavy atom. The van der Waals surface area contributed by atoms with Crippen molar-refractivity contribution in [1.82, 2.24) is 15.0 Å². The standard InChI is InChI=1S/C30H22NO.C30H20NO.C11H8N.Ir/c1-32-29-15-7-13-27(21-29)25-11-5-9-23(19-25)22-8-4-10-24(18-22)26-12-6-14-28(20-26)30-16-2-3-17-31-30;32-21-22-7-3-8-23(17-22)24-9-4-10-25(18-24)26-11-5-12-27(19-26)28-13-6-14-29(20-28)30-15-1-2-16-31-30;1-2-6-10(7-3-1)11-8-4-5-9-12-11;/h2-13,15-21H,1H3;1-13,15-21H;1-6,8-9H;/q3*-1;+3. The Hall–Kier alpha value is -9.45. The maximum Gasteiger partial charge on any atom is 3.00 e. The van der Waals surface area contributed by atoms with Crippen molar-refractivity contribution in [2.24, 2.45) is 0 Å². The Balaban J connectivity index is 0.000000153. The summed E-state index contributed by atoms with van der Waals surface area (Å²) < 4.78 is 5.39. The van der Waals surface area contributed by atoms with Crippen molar-refractivity contribution >= 4 is 6.29 Å². The molecular weight excluding hydrogens is 1120 g/mol. The molecule has 0 N–H and O–H groups in total. The van der Waals surface area contributed by atoms with Crippen LogP contribution in [-0.2, 0) is 20.1 Å². The maximum atomic E-state index is 11.2. The second-order valence-electron chi connectivity index (χ2n) is 17.7. The Labute approximate surface area is 464 Å². The summed E-state index contributed by atoms with van der Waals surface area (Å²) in [5.41, 5.74) is 20.1. The molecule has 0 aliphatic heterocycles. The van der Waals surface area contributed by atoms with Gasteiger partial charge in [0.1, 0.15) is 12.0 Å². The van der Waals surface area contributed by atoms with Gasteiger partial charge < -0.3 is 19.7 Å². The number of nitrogens with zero attached hydrogens (tertiary/aromatic N) is 3. The Morgan fingerprint density at radius 2 is 0.675 bits per heavy atom. The zero-order valence-corrected chi connectivity index (χ0v) is 44.5. The number of rotatable bonds is 11. The van der Waals surface area contributed by atoms with Gasteiger partial charge in [0.15, 0.2) is 0 Å². The van der Waals surface area contributed by atoms with E-state index in [2.05, 4.69) is 167 Å². The number of ether oxygens (including phenoxy) is 1. The van der Waals surface area contributed by atoms with Gasteiger partial charge in [-0.15, -0.1) is 107 Å². The van der Waals surface area contributed by atoms with Gasteiger partial charge in [0.05, 0.1) is 7.11 Å². The van der Waals surface area contributed by atoms with Crippen LogP contribution in [-0.4, -0.2) is 28.3 Å². The summed E-state index contributed by atoms with van der Waals surface area (Å²) >= 11 is 0. The average molecular weight is 1170 g/mol. The molecule has 0 aliphatic rings. The monoisotopic (exact) mass is 1170 g/mol. The van der Waals surface area contributed by atoms with Crippen molar-refractivity contribution in [1.29, 1.82) is 0 Å². The summed E-state index contributed by atoms with van der Waals surface area (Å²) in [7, 11) is 1.70. The number of hydrogen-bond donors (Lipinski definition) is 0. The van der Waals surface area contributed by atoms with Gasteiger partial charge in [-0.25, -0.2) is 0 Å². The van der Waals surface area contributed by atoms with Crippen LogP contribution in [0.5, 0.6) is 5.75 Å². The summed E-state index contributed by atoms with van der Waals surface area (Å²) in [4.78, 5) is 24.3. The van der Waals surface area contributed by atoms with Crippen LogP contribution in [0, 0.1) is 18.2 Å². The molecule has 6 heteroatoms. The second kappa shape index (κ2) is 26.2. The van der Waals surface area contributed by atoms with Crippen LogP contribution in [0.3, 0.4) is 0 Å². The van der Waals surface area contributed by atoms with Gasteiger partial charge in [-0.3, -0.25) is 4.79 Å². The van der Waals surface area contributed by atoms with E-state index in [1.165, 1.54) is 22.3 Å². The number of carbonyl (C=O) groups excluding carboxylic acids is 1. The number of methoxy groups -OCH3 is 1. The first-order chi connectivity index (χ1) is 37.6. The third-order valence-corrected chi connectivity index (χ3v) is 12.7. The van der Waals surface area contributed by atoms with E-state index in [9.17, 15) is 4.79 Å². The molecule has 3 heterocycles. The fourth-order valence-electron chi connectivity index (χ4n) is 8.81. The minimum Gasteiger partial charge on any atom is -0.497 e. The number of benzene rings is 9. The number of pyridine rings is 3. The molecule has 0 spiro atoms. The molecule has 12 rings (SSSR count). The number of hydrogen-bond acceptors (Lipinski definition) is 5. The molecule has 3 aromatic heterocycles. The molecule has 0 saturated heterocycles. The molecular formula is C71H50IrN3O2.